The summed E-state index contributed by atoms with van der Waals surface area (Å²) >= 11 is 5.54. The van der Waals surface area contributed by atoms with Crippen LogP contribution in [0.2, 0.25) is 5.28 Å². The molecule has 0 amide bonds. The molecule has 0 bridgehead atoms. The third-order valence-corrected chi connectivity index (χ3v) is 3.92. The second-order valence-electron chi connectivity index (χ2n) is 3.65. The molecule has 9 nitrogen and oxygen atoms in total. The van der Waals surface area contributed by atoms with Crippen LogP contribution in [-0.4, -0.2) is 39.7 Å². The summed E-state index contributed by atoms with van der Waals surface area (Å²) < 4.78 is 26.5. The molecule has 0 atom stereocenters. The molecule has 2 aromatic rings. The molecule has 0 saturated carbocycles. The maximum atomic E-state index is 12.2. The van der Waals surface area contributed by atoms with E-state index in [1.165, 1.54) is 19.2 Å². The highest BCUT2D eigenvalue weighted by Gasteiger charge is 2.28. The van der Waals surface area contributed by atoms with Crippen molar-refractivity contribution in [1.29, 1.82) is 0 Å². The number of hydrogen-bond donors (Lipinski definition) is 3. The van der Waals surface area contributed by atoms with Crippen LogP contribution in [0.25, 0.3) is 0 Å². The van der Waals surface area contributed by atoms with Crippen molar-refractivity contribution in [3.05, 3.63) is 28.9 Å². The molecule has 2 rings (SSSR count). The zero-order valence-electron chi connectivity index (χ0n) is 9.95. The van der Waals surface area contributed by atoms with Gasteiger partial charge in [0.25, 0.3) is 10.0 Å². The molecule has 0 radical (unpaired) electrons. The van der Waals surface area contributed by atoms with Crippen molar-refractivity contribution >= 4 is 33.4 Å². The zero-order valence-corrected chi connectivity index (χ0v) is 11.5. The second kappa shape index (κ2) is 5.06. The molecular weight excluding hydrogens is 310 g/mol. The van der Waals surface area contributed by atoms with Crippen LogP contribution >= 0.6 is 11.6 Å². The van der Waals surface area contributed by atoms with Crippen LogP contribution in [0.5, 0.6) is 0 Å². The summed E-state index contributed by atoms with van der Waals surface area (Å²) in [5, 5.41) is 14.5. The van der Waals surface area contributed by atoms with E-state index in [1.807, 2.05) is 0 Å². The van der Waals surface area contributed by atoms with E-state index in [1.54, 1.807) is 0 Å². The number of carboxylic acids is 1. The van der Waals surface area contributed by atoms with Crippen molar-refractivity contribution in [2.24, 2.45) is 0 Å². The van der Waals surface area contributed by atoms with Crippen molar-refractivity contribution < 1.29 is 18.3 Å². The van der Waals surface area contributed by atoms with Crippen molar-refractivity contribution in [2.45, 2.75) is 11.8 Å². The number of nitrogens with zero attached hydrogens (tertiary/aromatic N) is 3. The number of rotatable bonds is 4. The number of H-pyrrole nitrogens is 1. The van der Waals surface area contributed by atoms with Crippen molar-refractivity contribution in [3.63, 3.8) is 0 Å². The highest BCUT2D eigenvalue weighted by Crippen LogP contribution is 2.20. The van der Waals surface area contributed by atoms with Crippen LogP contribution < -0.4 is 4.72 Å². The van der Waals surface area contributed by atoms with E-state index in [9.17, 15) is 13.2 Å². The standard InChI is InChI=1S/C9H8ClN5O4S/c1-4-7(6(8(16)17)14-13-4)20(18,19)15-5-2-3-11-9(10)12-5/h2-3H,1H3,(H,13,14)(H,16,17)(H,11,12,15). The largest absolute Gasteiger partial charge is 0.476 e. The van der Waals surface area contributed by atoms with Crippen molar-refractivity contribution in [3.8, 4) is 0 Å². The zero-order chi connectivity index (χ0) is 14.9. The quantitative estimate of drug-likeness (QED) is 0.704. The number of aromatic amines is 1. The summed E-state index contributed by atoms with van der Waals surface area (Å²) in [6.45, 7) is 1.39. The highest BCUT2D eigenvalue weighted by molar-refractivity contribution is 7.92. The first-order valence-electron chi connectivity index (χ1n) is 5.11. The Kier molecular flexibility index (Phi) is 3.59. The average molecular weight is 318 g/mol. The van der Waals surface area contributed by atoms with Gasteiger partial charge >= 0.3 is 5.97 Å². The smallest absolute Gasteiger partial charge is 0.357 e. The van der Waals surface area contributed by atoms with Gasteiger partial charge in [-0.15, -0.1) is 0 Å². The van der Waals surface area contributed by atoms with E-state index in [0.29, 0.717) is 0 Å². The Balaban J connectivity index is 2.46. The Morgan fingerprint density at radius 3 is 2.80 bits per heavy atom. The molecule has 11 heteroatoms. The molecule has 0 saturated heterocycles. The first kappa shape index (κ1) is 14.2. The SMILES string of the molecule is Cc1[nH]nc(C(=O)O)c1S(=O)(=O)Nc1ccnc(Cl)n1. The molecule has 0 aliphatic heterocycles. The van der Waals surface area contributed by atoms with Gasteiger partial charge in [-0.25, -0.2) is 18.2 Å². The fourth-order valence-corrected chi connectivity index (χ4v) is 2.95. The molecule has 106 valence electrons. The summed E-state index contributed by atoms with van der Waals surface area (Å²) in [5.74, 6) is -1.54. The van der Waals surface area contributed by atoms with Crippen molar-refractivity contribution in [2.75, 3.05) is 4.72 Å². The summed E-state index contributed by atoms with van der Waals surface area (Å²) in [6, 6.07) is 1.28. The van der Waals surface area contributed by atoms with E-state index in [4.69, 9.17) is 16.7 Å². The van der Waals surface area contributed by atoms with Crippen LogP contribution in [0.1, 0.15) is 16.2 Å². The minimum atomic E-state index is -4.17. The number of sulfonamides is 1. The number of hydrogen-bond acceptors (Lipinski definition) is 6. The molecule has 0 fully saturated rings. The predicted molar refractivity (Wildman–Crippen MR) is 68.1 cm³/mol. The molecule has 3 N–H and O–H groups in total. The third-order valence-electron chi connectivity index (χ3n) is 2.23. The maximum absolute atomic E-state index is 12.2. The van der Waals surface area contributed by atoms with Gasteiger partial charge in [0, 0.05) is 6.20 Å². The highest BCUT2D eigenvalue weighted by atomic mass is 35.5. The molecule has 0 aliphatic carbocycles. The van der Waals surface area contributed by atoms with Gasteiger partial charge in [-0.3, -0.25) is 9.82 Å². The average Bonchev–Trinajstić information content (AvgIpc) is 2.71. The number of anilines is 1. The Bertz CT molecular complexity index is 772. The maximum Gasteiger partial charge on any atom is 0.357 e. The molecule has 2 heterocycles. The van der Waals surface area contributed by atoms with E-state index >= 15 is 0 Å². The molecule has 0 aliphatic rings. The number of nitrogens with one attached hydrogen (secondary N) is 2. The van der Waals surface area contributed by atoms with Crippen LogP contribution in [0, 0.1) is 6.92 Å². The lowest BCUT2D eigenvalue weighted by atomic mass is 10.4. The first-order chi connectivity index (χ1) is 9.31. The second-order valence-corrected chi connectivity index (χ2v) is 5.61. The number of aromatic nitrogens is 4. The van der Waals surface area contributed by atoms with E-state index < -0.39 is 26.6 Å². The van der Waals surface area contributed by atoms with Gasteiger partial charge in [-0.1, -0.05) is 0 Å². The van der Waals surface area contributed by atoms with Crippen LogP contribution in [0.4, 0.5) is 5.82 Å². The van der Waals surface area contributed by atoms with E-state index in [0.717, 1.165) is 0 Å². The number of aromatic carboxylic acids is 1. The molecule has 0 spiro atoms. The molecular formula is C9H8ClN5O4S. The van der Waals surface area contributed by atoms with E-state index in [2.05, 4.69) is 24.9 Å². The van der Waals surface area contributed by atoms with Crippen LogP contribution in [0.15, 0.2) is 17.2 Å². The fourth-order valence-electron chi connectivity index (χ4n) is 1.47. The topological polar surface area (TPSA) is 138 Å². The first-order valence-corrected chi connectivity index (χ1v) is 6.97. The monoisotopic (exact) mass is 317 g/mol. The predicted octanol–water partition coefficient (Wildman–Crippen LogP) is 0.661. The molecule has 2 aromatic heterocycles. The Labute approximate surface area is 118 Å². The summed E-state index contributed by atoms with van der Waals surface area (Å²) in [4.78, 5) is 17.8. The fraction of sp³-hybridized carbons (Fsp3) is 0.111. The van der Waals surface area contributed by atoms with Gasteiger partial charge in [-0.2, -0.15) is 10.1 Å². The number of aryl methyl sites for hydroxylation is 1. The Hall–Kier alpha value is -2.20. The van der Waals surface area contributed by atoms with Gasteiger partial charge < -0.3 is 5.11 Å². The summed E-state index contributed by atoms with van der Waals surface area (Å²) in [5.41, 5.74) is -0.509. The lowest BCUT2D eigenvalue weighted by molar-refractivity contribution is 0.0686. The molecule has 0 unspecified atom stereocenters. The van der Waals surface area contributed by atoms with E-state index in [-0.39, 0.29) is 16.8 Å². The summed E-state index contributed by atoms with van der Waals surface area (Å²) in [6.07, 6.45) is 1.26. The lowest BCUT2D eigenvalue weighted by Crippen LogP contribution is -2.17. The minimum absolute atomic E-state index is 0.0815. The summed E-state index contributed by atoms with van der Waals surface area (Å²) in [7, 11) is -4.17. The normalized spacial score (nSPS) is 11.3. The van der Waals surface area contributed by atoms with Gasteiger partial charge in [0.05, 0.1) is 5.69 Å². The van der Waals surface area contributed by atoms with Crippen LogP contribution in [0.3, 0.4) is 0 Å². The Morgan fingerprint density at radius 1 is 1.50 bits per heavy atom. The minimum Gasteiger partial charge on any atom is -0.476 e. The Morgan fingerprint density at radius 2 is 2.20 bits per heavy atom. The molecule has 20 heavy (non-hydrogen) atoms. The number of halogens is 1. The van der Waals surface area contributed by atoms with Gasteiger partial charge in [0.2, 0.25) is 5.28 Å². The van der Waals surface area contributed by atoms with Crippen molar-refractivity contribution in [1.82, 2.24) is 20.2 Å². The number of carbonyl (C=O) groups is 1. The third kappa shape index (κ3) is 2.70. The van der Waals surface area contributed by atoms with Gasteiger partial charge in [0.15, 0.2) is 5.69 Å². The molecule has 0 aromatic carbocycles. The van der Waals surface area contributed by atoms with Gasteiger partial charge in [0.1, 0.15) is 10.7 Å². The number of carboxylic acid groups (broad SMARTS) is 1. The van der Waals surface area contributed by atoms with Crippen LogP contribution in [-0.2, 0) is 10.0 Å². The lowest BCUT2D eigenvalue weighted by Gasteiger charge is -2.07. The van der Waals surface area contributed by atoms with Gasteiger partial charge in [-0.05, 0) is 24.6 Å².